The normalized spacial score (nSPS) is 21.3. The van der Waals surface area contributed by atoms with Crippen molar-refractivity contribution in [2.45, 2.75) is 57.6 Å². The number of fused-ring (bicyclic) bond motifs is 1. The van der Waals surface area contributed by atoms with E-state index in [1.807, 2.05) is 39.4 Å². The molecule has 2 aliphatic rings. The van der Waals surface area contributed by atoms with Gasteiger partial charge in [-0.1, -0.05) is 12.5 Å². The Morgan fingerprint density at radius 2 is 2.15 bits per heavy atom. The van der Waals surface area contributed by atoms with E-state index in [0.29, 0.717) is 24.1 Å². The van der Waals surface area contributed by atoms with Gasteiger partial charge >= 0.3 is 0 Å². The predicted molar refractivity (Wildman–Crippen MR) is 137 cm³/mol. The molecule has 0 unspecified atom stereocenters. The number of aliphatic hydroxyl groups is 1. The van der Waals surface area contributed by atoms with E-state index >= 15 is 0 Å². The summed E-state index contributed by atoms with van der Waals surface area (Å²) in [7, 11) is 1.92. The van der Waals surface area contributed by atoms with Crippen LogP contribution >= 0.6 is 0 Å². The van der Waals surface area contributed by atoms with E-state index in [0.717, 1.165) is 46.5 Å². The molecule has 0 amide bonds. The molecule has 0 spiro atoms. The minimum atomic E-state index is -0.403. The van der Waals surface area contributed by atoms with Crippen molar-refractivity contribution in [3.8, 4) is 0 Å². The maximum Gasteiger partial charge on any atom is 0.162 e. The van der Waals surface area contributed by atoms with Crippen LogP contribution in [0, 0.1) is 6.92 Å². The predicted octanol–water partition coefficient (Wildman–Crippen LogP) is 3.87. The molecule has 0 bridgehead atoms. The number of aromatic amines is 1. The quantitative estimate of drug-likeness (QED) is 0.464. The van der Waals surface area contributed by atoms with Gasteiger partial charge in [0.05, 0.1) is 23.9 Å². The number of nitrogens with zero attached hydrogens (tertiary/aromatic N) is 5. The largest absolute Gasteiger partial charge is 0.391 e. The molecule has 3 aromatic heterocycles. The molecule has 3 N–H and O–H groups in total. The number of anilines is 1. The number of allylic oxidation sites excluding steroid dienone is 1. The summed E-state index contributed by atoms with van der Waals surface area (Å²) in [6, 6.07) is 2.01. The average Bonchev–Trinajstić information content (AvgIpc) is 3.35. The van der Waals surface area contributed by atoms with Gasteiger partial charge in [0.1, 0.15) is 11.6 Å². The van der Waals surface area contributed by atoms with E-state index < -0.39 is 6.10 Å². The summed E-state index contributed by atoms with van der Waals surface area (Å²) in [5.41, 5.74) is 4.89. The molecule has 5 rings (SSSR count). The first-order chi connectivity index (χ1) is 16.5. The summed E-state index contributed by atoms with van der Waals surface area (Å²) in [5, 5.41) is 15.1. The number of nitrogens with one attached hydrogen (secondary N) is 2. The molecule has 1 saturated carbocycles. The van der Waals surface area contributed by atoms with Crippen LogP contribution in [0.1, 0.15) is 61.2 Å². The third-order valence-electron chi connectivity index (χ3n) is 7.27. The van der Waals surface area contributed by atoms with E-state index in [2.05, 4.69) is 38.0 Å². The van der Waals surface area contributed by atoms with Crippen molar-refractivity contribution in [1.29, 1.82) is 0 Å². The maximum atomic E-state index is 10.8. The first-order valence-corrected chi connectivity index (χ1v) is 12.1. The highest BCUT2D eigenvalue weighted by Gasteiger charge is 2.36. The molecule has 3 aromatic rings. The minimum absolute atomic E-state index is 0.0488. The van der Waals surface area contributed by atoms with Crippen LogP contribution in [-0.2, 0) is 0 Å². The van der Waals surface area contributed by atoms with Gasteiger partial charge in [0, 0.05) is 41.5 Å². The molecule has 1 saturated heterocycles. The standard InChI is InChI=1S/C26H33N7O/c1-5-17(18-11-15(2)30-24(18)28-4)25-31-20-13-29-12-19(16-7-6-8-16)23(20)26(32-25)33-10-9-22(34)21(33)14-27-3/h5,11-13,16,21-22,27,30,34H,4,6-10,14H2,1-3H3/b17-5+/t21-,22+/m0/s1. The smallest absolute Gasteiger partial charge is 0.162 e. The number of hydrogen-bond acceptors (Lipinski definition) is 7. The van der Waals surface area contributed by atoms with Gasteiger partial charge in [0.25, 0.3) is 0 Å². The Morgan fingerprint density at radius 1 is 1.32 bits per heavy atom. The van der Waals surface area contributed by atoms with E-state index in [9.17, 15) is 5.11 Å². The van der Waals surface area contributed by atoms with Crippen LogP contribution in [0.4, 0.5) is 11.6 Å². The third kappa shape index (κ3) is 3.80. The van der Waals surface area contributed by atoms with Gasteiger partial charge in [-0.25, -0.2) is 15.0 Å². The summed E-state index contributed by atoms with van der Waals surface area (Å²) in [6.07, 6.45) is 9.75. The monoisotopic (exact) mass is 459 g/mol. The molecule has 2 fully saturated rings. The second kappa shape index (κ2) is 9.27. The lowest BCUT2D eigenvalue weighted by molar-refractivity contribution is 0.164. The zero-order valence-corrected chi connectivity index (χ0v) is 20.2. The van der Waals surface area contributed by atoms with Crippen molar-refractivity contribution in [3.05, 3.63) is 47.2 Å². The topological polar surface area (TPSA) is 102 Å². The molecule has 4 heterocycles. The van der Waals surface area contributed by atoms with E-state index in [4.69, 9.17) is 9.97 Å². The summed E-state index contributed by atoms with van der Waals surface area (Å²) >= 11 is 0. The van der Waals surface area contributed by atoms with E-state index in [-0.39, 0.29) is 6.04 Å². The van der Waals surface area contributed by atoms with Gasteiger partial charge in [-0.2, -0.15) is 0 Å². The number of aromatic nitrogens is 4. The Labute approximate surface area is 200 Å². The lowest BCUT2D eigenvalue weighted by Gasteiger charge is -2.31. The lowest BCUT2D eigenvalue weighted by atomic mass is 9.79. The number of aliphatic imine (C=N–C) groups is 1. The fraction of sp³-hybridized carbons (Fsp3) is 0.462. The average molecular weight is 460 g/mol. The first kappa shape index (κ1) is 22.7. The Hall–Kier alpha value is -3.10. The van der Waals surface area contributed by atoms with Crippen LogP contribution in [0.3, 0.4) is 0 Å². The maximum absolute atomic E-state index is 10.8. The molecule has 8 heteroatoms. The van der Waals surface area contributed by atoms with Crippen LogP contribution in [0.25, 0.3) is 16.5 Å². The Bertz CT molecular complexity index is 1240. The highest BCUT2D eigenvalue weighted by atomic mass is 16.3. The minimum Gasteiger partial charge on any atom is -0.391 e. The van der Waals surface area contributed by atoms with Crippen molar-refractivity contribution in [3.63, 3.8) is 0 Å². The van der Waals surface area contributed by atoms with Gasteiger partial charge in [0.15, 0.2) is 5.82 Å². The number of pyridine rings is 1. The second-order valence-corrected chi connectivity index (χ2v) is 9.37. The lowest BCUT2D eigenvalue weighted by Crippen LogP contribution is -2.43. The molecule has 0 aromatic carbocycles. The zero-order chi connectivity index (χ0) is 23.8. The number of rotatable bonds is 7. The van der Waals surface area contributed by atoms with Crippen LogP contribution in [0.2, 0.25) is 0 Å². The molecule has 2 atom stereocenters. The van der Waals surface area contributed by atoms with Crippen LogP contribution in [0.5, 0.6) is 0 Å². The molecule has 0 radical (unpaired) electrons. The van der Waals surface area contributed by atoms with Crippen molar-refractivity contribution in [2.75, 3.05) is 25.0 Å². The van der Waals surface area contributed by atoms with Gasteiger partial charge in [-0.05, 0) is 64.4 Å². The Balaban J connectivity index is 1.73. The van der Waals surface area contributed by atoms with Gasteiger partial charge in [0.2, 0.25) is 0 Å². The highest BCUT2D eigenvalue weighted by Crippen LogP contribution is 2.43. The van der Waals surface area contributed by atoms with Crippen molar-refractivity contribution in [2.24, 2.45) is 4.99 Å². The van der Waals surface area contributed by atoms with Crippen molar-refractivity contribution in [1.82, 2.24) is 25.3 Å². The van der Waals surface area contributed by atoms with Gasteiger partial charge in [-0.15, -0.1) is 0 Å². The number of hydrogen-bond donors (Lipinski definition) is 3. The molecule has 1 aliphatic heterocycles. The molecule has 34 heavy (non-hydrogen) atoms. The Kier molecular flexibility index (Phi) is 6.18. The van der Waals surface area contributed by atoms with Crippen LogP contribution in [-0.4, -0.2) is 64.0 Å². The highest BCUT2D eigenvalue weighted by molar-refractivity contribution is 5.95. The number of aryl methyl sites for hydroxylation is 1. The van der Waals surface area contributed by atoms with E-state index in [1.54, 1.807) is 0 Å². The summed E-state index contributed by atoms with van der Waals surface area (Å²) in [4.78, 5) is 24.5. The van der Waals surface area contributed by atoms with Crippen molar-refractivity contribution >= 4 is 34.8 Å². The zero-order valence-electron chi connectivity index (χ0n) is 20.2. The van der Waals surface area contributed by atoms with Gasteiger partial charge < -0.3 is 20.3 Å². The Morgan fingerprint density at radius 3 is 2.82 bits per heavy atom. The first-order valence-electron chi connectivity index (χ1n) is 12.1. The summed E-state index contributed by atoms with van der Waals surface area (Å²) < 4.78 is 0. The SMILES string of the molecule is C=Nc1[nH]c(C)cc1/C(=C\C)c1nc(N2CC[C@@H](O)[C@@H]2CNC)c2c(C3CCC3)cncc2n1. The summed E-state index contributed by atoms with van der Waals surface area (Å²) in [5.74, 6) is 2.72. The number of aliphatic hydroxyl groups excluding tert-OH is 1. The molecular weight excluding hydrogens is 426 g/mol. The third-order valence-corrected chi connectivity index (χ3v) is 7.27. The van der Waals surface area contributed by atoms with Crippen LogP contribution in [0.15, 0.2) is 29.5 Å². The van der Waals surface area contributed by atoms with Crippen molar-refractivity contribution < 1.29 is 5.11 Å². The van der Waals surface area contributed by atoms with Crippen LogP contribution < -0.4 is 10.2 Å². The molecule has 1 aliphatic carbocycles. The molecular formula is C26H33N7O. The summed E-state index contributed by atoms with van der Waals surface area (Å²) in [6.45, 7) is 9.15. The molecule has 8 nitrogen and oxygen atoms in total. The van der Waals surface area contributed by atoms with E-state index in [1.165, 1.54) is 24.8 Å². The number of likely N-dealkylation sites (N-methyl/N-ethyl adjacent to an activating group) is 1. The number of H-pyrrole nitrogens is 1. The molecule has 178 valence electrons. The van der Waals surface area contributed by atoms with Gasteiger partial charge in [-0.3, -0.25) is 4.98 Å². The fourth-order valence-corrected chi connectivity index (χ4v) is 5.31. The second-order valence-electron chi connectivity index (χ2n) is 9.37. The fourth-order valence-electron chi connectivity index (χ4n) is 5.31.